The fourth-order valence-electron chi connectivity index (χ4n) is 3.02. The smallest absolute Gasteiger partial charge is 0.265 e. The molecule has 0 saturated carbocycles. The molecule has 27 heavy (non-hydrogen) atoms. The van der Waals surface area contributed by atoms with Crippen LogP contribution in [0.4, 0.5) is 14.5 Å². The maximum atomic E-state index is 13.6. The third-order valence-electron chi connectivity index (χ3n) is 4.21. The molecule has 1 aliphatic rings. The second-order valence-corrected chi connectivity index (χ2v) is 5.98. The SMILES string of the molecule is O=C(CON=C1c2ccccc2-c2ccccc21)Nc1ccc(F)cc1F. The quantitative estimate of drug-likeness (QED) is 0.547. The maximum absolute atomic E-state index is 13.6. The van der Waals surface area contributed by atoms with Gasteiger partial charge in [0.15, 0.2) is 6.61 Å². The fourth-order valence-corrected chi connectivity index (χ4v) is 3.02. The van der Waals surface area contributed by atoms with Crippen molar-refractivity contribution in [2.24, 2.45) is 5.16 Å². The number of oxime groups is 1. The summed E-state index contributed by atoms with van der Waals surface area (Å²) >= 11 is 0. The molecule has 0 aromatic heterocycles. The van der Waals surface area contributed by atoms with Crippen LogP contribution in [-0.4, -0.2) is 18.2 Å². The number of nitrogens with one attached hydrogen (secondary N) is 1. The predicted octanol–water partition coefficient (Wildman–Crippen LogP) is 4.35. The lowest BCUT2D eigenvalue weighted by molar-refractivity contribution is -0.120. The van der Waals surface area contributed by atoms with Crippen LogP contribution in [-0.2, 0) is 9.63 Å². The van der Waals surface area contributed by atoms with Gasteiger partial charge in [-0.25, -0.2) is 8.78 Å². The first-order valence-corrected chi connectivity index (χ1v) is 8.27. The van der Waals surface area contributed by atoms with Gasteiger partial charge in [0.25, 0.3) is 5.91 Å². The highest BCUT2D eigenvalue weighted by atomic mass is 19.1. The number of benzene rings is 3. The molecular formula is C21H14F2N2O2. The van der Waals surface area contributed by atoms with Gasteiger partial charge in [0.05, 0.1) is 5.69 Å². The highest BCUT2D eigenvalue weighted by Crippen LogP contribution is 2.36. The minimum absolute atomic E-state index is 0.116. The van der Waals surface area contributed by atoms with Crippen LogP contribution in [0.3, 0.4) is 0 Å². The summed E-state index contributed by atoms with van der Waals surface area (Å²) < 4.78 is 26.5. The van der Waals surface area contributed by atoms with E-state index in [2.05, 4.69) is 10.5 Å². The first-order valence-electron chi connectivity index (χ1n) is 8.27. The minimum atomic E-state index is -0.853. The lowest BCUT2D eigenvalue weighted by atomic mass is 10.1. The Bertz CT molecular complexity index is 1020. The van der Waals surface area contributed by atoms with E-state index in [4.69, 9.17) is 4.84 Å². The lowest BCUT2D eigenvalue weighted by Crippen LogP contribution is -2.18. The Kier molecular flexibility index (Phi) is 4.38. The van der Waals surface area contributed by atoms with E-state index in [0.29, 0.717) is 11.8 Å². The van der Waals surface area contributed by atoms with Crippen LogP contribution in [0.15, 0.2) is 71.9 Å². The van der Waals surface area contributed by atoms with Crippen molar-refractivity contribution in [1.82, 2.24) is 0 Å². The van der Waals surface area contributed by atoms with Gasteiger partial charge in [0.2, 0.25) is 0 Å². The van der Waals surface area contributed by atoms with Gasteiger partial charge in [-0.1, -0.05) is 53.7 Å². The maximum Gasteiger partial charge on any atom is 0.265 e. The zero-order chi connectivity index (χ0) is 18.8. The molecule has 0 heterocycles. The fraction of sp³-hybridized carbons (Fsp3) is 0.0476. The summed E-state index contributed by atoms with van der Waals surface area (Å²) in [5.74, 6) is -2.16. The van der Waals surface area contributed by atoms with Crippen molar-refractivity contribution in [3.8, 4) is 11.1 Å². The largest absolute Gasteiger partial charge is 0.385 e. The second kappa shape index (κ2) is 6.99. The molecule has 0 aliphatic heterocycles. The van der Waals surface area contributed by atoms with Crippen molar-refractivity contribution in [2.45, 2.75) is 0 Å². The summed E-state index contributed by atoms with van der Waals surface area (Å²) in [5, 5.41) is 6.45. The number of carbonyl (C=O) groups excluding carboxylic acids is 1. The molecule has 0 bridgehead atoms. The molecule has 1 N–H and O–H groups in total. The van der Waals surface area contributed by atoms with Gasteiger partial charge in [-0.15, -0.1) is 0 Å². The van der Waals surface area contributed by atoms with Crippen molar-refractivity contribution < 1.29 is 18.4 Å². The highest BCUT2D eigenvalue weighted by Gasteiger charge is 2.24. The molecule has 0 unspecified atom stereocenters. The summed E-state index contributed by atoms with van der Waals surface area (Å²) in [7, 11) is 0. The summed E-state index contributed by atoms with van der Waals surface area (Å²) in [6, 6.07) is 18.5. The third-order valence-corrected chi connectivity index (χ3v) is 4.21. The van der Waals surface area contributed by atoms with E-state index >= 15 is 0 Å². The van der Waals surface area contributed by atoms with Crippen molar-refractivity contribution in [1.29, 1.82) is 0 Å². The molecule has 0 atom stereocenters. The molecule has 6 heteroatoms. The van der Waals surface area contributed by atoms with Crippen molar-refractivity contribution >= 4 is 17.3 Å². The molecule has 0 spiro atoms. The topological polar surface area (TPSA) is 50.7 Å². The molecule has 4 rings (SSSR count). The summed E-state index contributed by atoms with van der Waals surface area (Å²) in [6.45, 7) is -0.398. The van der Waals surface area contributed by atoms with Gasteiger partial charge < -0.3 is 10.2 Å². The number of hydrogen-bond donors (Lipinski definition) is 1. The normalized spacial score (nSPS) is 11.6. The molecule has 0 radical (unpaired) electrons. The molecule has 1 aliphatic carbocycles. The molecule has 3 aromatic carbocycles. The average molecular weight is 364 g/mol. The van der Waals surface area contributed by atoms with Gasteiger partial charge in [-0.2, -0.15) is 0 Å². The number of anilines is 1. The van der Waals surface area contributed by atoms with Crippen LogP contribution in [0, 0.1) is 11.6 Å². The predicted molar refractivity (Wildman–Crippen MR) is 98.5 cm³/mol. The van der Waals surface area contributed by atoms with Crippen molar-refractivity contribution in [3.05, 3.63) is 89.5 Å². The molecule has 3 aromatic rings. The molecular weight excluding hydrogens is 350 g/mol. The van der Waals surface area contributed by atoms with Gasteiger partial charge >= 0.3 is 0 Å². The summed E-state index contributed by atoms with van der Waals surface area (Å²) in [4.78, 5) is 17.2. The first kappa shape index (κ1) is 16.9. The van der Waals surface area contributed by atoms with Crippen LogP contribution in [0.5, 0.6) is 0 Å². The third kappa shape index (κ3) is 3.29. The number of fused-ring (bicyclic) bond motifs is 3. The number of hydrogen-bond acceptors (Lipinski definition) is 3. The Labute approximate surface area is 154 Å². The van der Waals surface area contributed by atoms with E-state index in [0.717, 1.165) is 34.4 Å². The summed E-state index contributed by atoms with van der Waals surface area (Å²) in [5.41, 5.74) is 4.46. The minimum Gasteiger partial charge on any atom is -0.385 e. The molecule has 0 saturated heterocycles. The molecule has 1 amide bonds. The highest BCUT2D eigenvalue weighted by molar-refractivity contribution is 6.24. The Balaban J connectivity index is 1.49. The number of amides is 1. The van der Waals surface area contributed by atoms with Gasteiger partial charge in [-0.05, 0) is 23.3 Å². The number of rotatable bonds is 4. The van der Waals surface area contributed by atoms with Crippen molar-refractivity contribution in [2.75, 3.05) is 11.9 Å². The van der Waals surface area contributed by atoms with Crippen LogP contribution < -0.4 is 5.32 Å². The standard InChI is InChI=1S/C21H14F2N2O2/c22-13-9-10-19(18(23)11-13)24-20(26)12-27-25-21-16-7-3-1-5-14(16)15-6-2-4-8-17(15)21/h1-11H,12H2,(H,24,26). The zero-order valence-electron chi connectivity index (χ0n) is 14.1. The van der Waals surface area contributed by atoms with E-state index in [-0.39, 0.29) is 5.69 Å². The van der Waals surface area contributed by atoms with Crippen molar-refractivity contribution in [3.63, 3.8) is 0 Å². The van der Waals surface area contributed by atoms with Crippen LogP contribution >= 0.6 is 0 Å². The number of halogens is 2. The average Bonchev–Trinajstić information content (AvgIpc) is 2.99. The Morgan fingerprint density at radius 3 is 2.07 bits per heavy atom. The van der Waals surface area contributed by atoms with E-state index in [9.17, 15) is 13.6 Å². The van der Waals surface area contributed by atoms with E-state index in [1.54, 1.807) is 0 Å². The Morgan fingerprint density at radius 1 is 0.889 bits per heavy atom. The van der Waals surface area contributed by atoms with E-state index < -0.39 is 24.1 Å². The summed E-state index contributed by atoms with van der Waals surface area (Å²) in [6.07, 6.45) is 0. The Morgan fingerprint density at radius 2 is 1.48 bits per heavy atom. The second-order valence-electron chi connectivity index (χ2n) is 5.98. The zero-order valence-corrected chi connectivity index (χ0v) is 14.1. The van der Waals surface area contributed by atoms with Gasteiger partial charge in [0, 0.05) is 17.2 Å². The first-order chi connectivity index (χ1) is 13.1. The number of carbonyl (C=O) groups is 1. The number of nitrogens with zero attached hydrogens (tertiary/aromatic N) is 1. The Hall–Kier alpha value is -3.54. The lowest BCUT2D eigenvalue weighted by Gasteiger charge is -2.06. The van der Waals surface area contributed by atoms with E-state index in [1.807, 2.05) is 48.5 Å². The molecule has 0 fully saturated rings. The van der Waals surface area contributed by atoms with E-state index in [1.165, 1.54) is 0 Å². The van der Waals surface area contributed by atoms with Crippen LogP contribution in [0.2, 0.25) is 0 Å². The monoisotopic (exact) mass is 364 g/mol. The van der Waals surface area contributed by atoms with Gasteiger partial charge in [0.1, 0.15) is 17.3 Å². The van der Waals surface area contributed by atoms with Gasteiger partial charge in [-0.3, -0.25) is 4.79 Å². The van der Waals surface area contributed by atoms with Crippen LogP contribution in [0.25, 0.3) is 11.1 Å². The van der Waals surface area contributed by atoms with Crippen LogP contribution in [0.1, 0.15) is 11.1 Å². The molecule has 4 nitrogen and oxygen atoms in total. The molecule has 134 valence electrons.